The van der Waals surface area contributed by atoms with E-state index in [2.05, 4.69) is 24.0 Å². The fourth-order valence-electron chi connectivity index (χ4n) is 1.24. The summed E-state index contributed by atoms with van der Waals surface area (Å²) in [6.07, 6.45) is 2.54. The highest BCUT2D eigenvalue weighted by Gasteiger charge is 2.06. The number of fused-ring (bicyclic) bond motifs is 1. The first-order chi connectivity index (χ1) is 7.60. The number of nitrogens with zero attached hydrogens (tertiary/aromatic N) is 2. The van der Waals surface area contributed by atoms with Crippen molar-refractivity contribution in [2.75, 3.05) is 0 Å². The maximum atomic E-state index is 13.1. The van der Waals surface area contributed by atoms with E-state index in [0.717, 1.165) is 6.07 Å². The summed E-state index contributed by atoms with van der Waals surface area (Å²) in [7, 11) is 0. The lowest BCUT2D eigenvalue weighted by molar-refractivity contribution is 0.591. The standard InChI is InChI=1S/C9H6F2N2.C3H8/c1-5-7-2-6(10)3-9(11)8(7)4-12-13-5;1-3-2/h2-4H,1H3;3H2,1-2H3. The summed E-state index contributed by atoms with van der Waals surface area (Å²) >= 11 is 0. The van der Waals surface area contributed by atoms with Crippen LogP contribution in [0.2, 0.25) is 0 Å². The topological polar surface area (TPSA) is 25.8 Å². The number of hydrogen-bond acceptors (Lipinski definition) is 2. The smallest absolute Gasteiger partial charge is 0.135 e. The highest BCUT2D eigenvalue weighted by Crippen LogP contribution is 2.19. The molecule has 0 spiro atoms. The normalized spacial score (nSPS) is 9.81. The third-order valence-corrected chi connectivity index (χ3v) is 1.88. The molecule has 0 fully saturated rings. The fraction of sp³-hybridized carbons (Fsp3) is 0.333. The highest BCUT2D eigenvalue weighted by atomic mass is 19.1. The van der Waals surface area contributed by atoms with Gasteiger partial charge in [-0.1, -0.05) is 20.3 Å². The molecule has 1 aromatic heterocycles. The van der Waals surface area contributed by atoms with Crippen molar-refractivity contribution in [3.05, 3.63) is 35.7 Å². The highest BCUT2D eigenvalue weighted by molar-refractivity contribution is 5.83. The summed E-state index contributed by atoms with van der Waals surface area (Å²) in [6, 6.07) is 2.09. The molecular weight excluding hydrogens is 210 g/mol. The third kappa shape index (κ3) is 2.72. The second-order valence-corrected chi connectivity index (χ2v) is 3.49. The molecule has 0 bridgehead atoms. The Balaban J connectivity index is 0.000000386. The zero-order valence-corrected chi connectivity index (χ0v) is 9.59. The molecule has 16 heavy (non-hydrogen) atoms. The molecule has 86 valence electrons. The van der Waals surface area contributed by atoms with E-state index < -0.39 is 11.6 Å². The van der Waals surface area contributed by atoms with Gasteiger partial charge in [0, 0.05) is 16.8 Å². The Bertz CT molecular complexity index is 484. The molecule has 0 saturated carbocycles. The molecule has 0 aliphatic heterocycles. The van der Waals surface area contributed by atoms with E-state index in [-0.39, 0.29) is 0 Å². The van der Waals surface area contributed by atoms with Crippen molar-refractivity contribution in [2.45, 2.75) is 27.2 Å². The minimum atomic E-state index is -0.604. The molecule has 1 aromatic carbocycles. The van der Waals surface area contributed by atoms with Crippen molar-refractivity contribution in [1.29, 1.82) is 0 Å². The largest absolute Gasteiger partial charge is 0.207 e. The van der Waals surface area contributed by atoms with Gasteiger partial charge in [-0.15, -0.1) is 0 Å². The van der Waals surface area contributed by atoms with Crippen LogP contribution >= 0.6 is 0 Å². The van der Waals surface area contributed by atoms with Gasteiger partial charge in [0.05, 0.1) is 11.9 Å². The predicted octanol–water partition coefficient (Wildman–Crippen LogP) is 3.63. The van der Waals surface area contributed by atoms with Crippen molar-refractivity contribution in [2.24, 2.45) is 0 Å². The molecular formula is C12H14F2N2. The second-order valence-electron chi connectivity index (χ2n) is 3.49. The zero-order chi connectivity index (χ0) is 12.1. The Morgan fingerprint density at radius 2 is 1.75 bits per heavy atom. The van der Waals surface area contributed by atoms with Crippen LogP contribution < -0.4 is 0 Å². The molecule has 2 nitrogen and oxygen atoms in total. The first kappa shape index (κ1) is 12.5. The van der Waals surface area contributed by atoms with Gasteiger partial charge in [0.25, 0.3) is 0 Å². The van der Waals surface area contributed by atoms with E-state index in [9.17, 15) is 8.78 Å². The molecule has 1 heterocycles. The summed E-state index contributed by atoms with van der Waals surface area (Å²) in [5.74, 6) is -1.20. The van der Waals surface area contributed by atoms with Crippen molar-refractivity contribution < 1.29 is 8.78 Å². The molecule has 0 unspecified atom stereocenters. The molecule has 0 radical (unpaired) electrons. The first-order valence-corrected chi connectivity index (χ1v) is 5.17. The van der Waals surface area contributed by atoms with Crippen LogP contribution in [-0.4, -0.2) is 10.2 Å². The van der Waals surface area contributed by atoms with E-state index >= 15 is 0 Å². The van der Waals surface area contributed by atoms with E-state index in [0.29, 0.717) is 16.5 Å². The summed E-state index contributed by atoms with van der Waals surface area (Å²) in [5, 5.41) is 8.06. The van der Waals surface area contributed by atoms with Gasteiger partial charge in [-0.2, -0.15) is 10.2 Å². The molecule has 0 saturated heterocycles. The van der Waals surface area contributed by atoms with Gasteiger partial charge in [0.1, 0.15) is 11.6 Å². The Labute approximate surface area is 93.3 Å². The molecule has 0 aliphatic rings. The average molecular weight is 224 g/mol. The van der Waals surface area contributed by atoms with Crippen molar-refractivity contribution >= 4 is 10.8 Å². The summed E-state index contributed by atoms with van der Waals surface area (Å²) in [5.41, 5.74) is 0.524. The van der Waals surface area contributed by atoms with Crippen molar-refractivity contribution in [1.82, 2.24) is 10.2 Å². The number of rotatable bonds is 0. The Morgan fingerprint density at radius 3 is 2.38 bits per heavy atom. The van der Waals surface area contributed by atoms with Gasteiger partial charge in [-0.3, -0.25) is 0 Å². The van der Waals surface area contributed by atoms with Crippen LogP contribution in [0, 0.1) is 18.6 Å². The monoisotopic (exact) mass is 224 g/mol. The van der Waals surface area contributed by atoms with Crippen LogP contribution in [-0.2, 0) is 0 Å². The van der Waals surface area contributed by atoms with Crippen LogP contribution in [0.25, 0.3) is 10.8 Å². The summed E-state index contributed by atoms with van der Waals surface area (Å²) < 4.78 is 25.9. The second kappa shape index (κ2) is 5.49. The molecule has 0 atom stereocenters. The van der Waals surface area contributed by atoms with Crippen molar-refractivity contribution in [3.8, 4) is 0 Å². The third-order valence-electron chi connectivity index (χ3n) is 1.88. The number of aromatic nitrogens is 2. The lowest BCUT2D eigenvalue weighted by Gasteiger charge is -2.00. The first-order valence-electron chi connectivity index (χ1n) is 5.17. The minimum absolute atomic E-state index is 0.300. The van der Waals surface area contributed by atoms with E-state index in [1.165, 1.54) is 18.7 Å². The van der Waals surface area contributed by atoms with Crippen LogP contribution in [0.15, 0.2) is 18.3 Å². The van der Waals surface area contributed by atoms with E-state index in [4.69, 9.17) is 0 Å². The van der Waals surface area contributed by atoms with Crippen LogP contribution in [0.4, 0.5) is 8.78 Å². The maximum absolute atomic E-state index is 13.1. The Kier molecular flexibility index (Phi) is 4.28. The van der Waals surface area contributed by atoms with Gasteiger partial charge in [0.2, 0.25) is 0 Å². The van der Waals surface area contributed by atoms with E-state index in [1.807, 2.05) is 0 Å². The quantitative estimate of drug-likeness (QED) is 0.682. The number of aryl methyl sites for hydroxylation is 1. The number of halogens is 2. The minimum Gasteiger partial charge on any atom is -0.207 e. The Morgan fingerprint density at radius 1 is 1.12 bits per heavy atom. The SMILES string of the molecule is CCC.Cc1nncc2c(F)cc(F)cc12. The van der Waals surface area contributed by atoms with Gasteiger partial charge >= 0.3 is 0 Å². The van der Waals surface area contributed by atoms with E-state index in [1.54, 1.807) is 6.92 Å². The van der Waals surface area contributed by atoms with Crippen molar-refractivity contribution in [3.63, 3.8) is 0 Å². The van der Waals surface area contributed by atoms with Gasteiger partial charge in [0.15, 0.2) is 0 Å². The van der Waals surface area contributed by atoms with Gasteiger partial charge < -0.3 is 0 Å². The maximum Gasteiger partial charge on any atom is 0.135 e. The van der Waals surface area contributed by atoms with Crippen LogP contribution in [0.3, 0.4) is 0 Å². The van der Waals surface area contributed by atoms with Crippen LogP contribution in [0.5, 0.6) is 0 Å². The van der Waals surface area contributed by atoms with Gasteiger partial charge in [-0.05, 0) is 13.0 Å². The molecule has 2 rings (SSSR count). The number of hydrogen-bond donors (Lipinski definition) is 0. The van der Waals surface area contributed by atoms with Crippen LogP contribution in [0.1, 0.15) is 26.0 Å². The lowest BCUT2D eigenvalue weighted by atomic mass is 10.1. The molecule has 0 N–H and O–H groups in total. The average Bonchev–Trinajstić information content (AvgIpc) is 2.21. The zero-order valence-electron chi connectivity index (χ0n) is 9.59. The number of benzene rings is 1. The molecule has 0 aliphatic carbocycles. The molecule has 0 amide bonds. The fourth-order valence-corrected chi connectivity index (χ4v) is 1.24. The lowest BCUT2D eigenvalue weighted by Crippen LogP contribution is -1.91. The molecule has 2 aromatic rings. The molecule has 4 heteroatoms. The predicted molar refractivity (Wildman–Crippen MR) is 60.2 cm³/mol. The van der Waals surface area contributed by atoms with Gasteiger partial charge in [-0.25, -0.2) is 8.78 Å². The summed E-state index contributed by atoms with van der Waals surface area (Å²) in [4.78, 5) is 0. The Hall–Kier alpha value is -1.58. The summed E-state index contributed by atoms with van der Waals surface area (Å²) in [6.45, 7) is 5.91.